The average molecular weight is 602 g/mol. The van der Waals surface area contributed by atoms with Crippen LogP contribution < -0.4 is 4.90 Å². The standard InChI is InChI=1S/C45H47N/c1-44(2)42-19-11-10-18-40(42)41-32-39(28-29-43(41)44)46(37-24-20-34(21-25-37)33-14-6-3-7-15-33)38-26-22-36(23-27-38)45(30-12-5-13-31-45)35-16-8-4-9-17-35/h4,8-11,16-29,32-33H,3,5-7,12-15,30-31H2,1-2H3. The monoisotopic (exact) mass is 601 g/mol. The molecule has 0 N–H and O–H groups in total. The Morgan fingerprint density at radius 1 is 0.500 bits per heavy atom. The minimum atomic E-state index is 0.00430. The highest BCUT2D eigenvalue weighted by Gasteiger charge is 2.37. The zero-order chi connectivity index (χ0) is 31.1. The van der Waals surface area contributed by atoms with E-state index >= 15 is 0 Å². The van der Waals surface area contributed by atoms with Crippen molar-refractivity contribution in [3.8, 4) is 11.1 Å². The summed E-state index contributed by atoms with van der Waals surface area (Å²) in [7, 11) is 0. The molecule has 3 aliphatic rings. The second-order valence-corrected chi connectivity index (χ2v) is 14.7. The van der Waals surface area contributed by atoms with Crippen LogP contribution >= 0.6 is 0 Å². The van der Waals surface area contributed by atoms with E-state index in [9.17, 15) is 0 Å². The summed E-state index contributed by atoms with van der Waals surface area (Å²) in [6.07, 6.45) is 13.2. The van der Waals surface area contributed by atoms with Crippen LogP contribution in [0.5, 0.6) is 0 Å². The fourth-order valence-electron chi connectivity index (χ4n) is 9.21. The van der Waals surface area contributed by atoms with Crippen LogP contribution in [0, 0.1) is 0 Å². The van der Waals surface area contributed by atoms with E-state index in [-0.39, 0.29) is 10.8 Å². The Labute approximate surface area is 276 Å². The first-order valence-corrected chi connectivity index (χ1v) is 17.9. The molecule has 0 saturated heterocycles. The molecule has 0 spiro atoms. The Morgan fingerprint density at radius 2 is 1.07 bits per heavy atom. The van der Waals surface area contributed by atoms with Crippen molar-refractivity contribution in [2.75, 3.05) is 4.90 Å². The maximum absolute atomic E-state index is 2.48. The van der Waals surface area contributed by atoms with Crippen molar-refractivity contribution < 1.29 is 0 Å². The normalized spacial score (nSPS) is 18.5. The van der Waals surface area contributed by atoms with Crippen LogP contribution in [-0.2, 0) is 10.8 Å². The van der Waals surface area contributed by atoms with Crippen molar-refractivity contribution in [3.63, 3.8) is 0 Å². The van der Waals surface area contributed by atoms with Crippen LogP contribution in [-0.4, -0.2) is 0 Å². The number of anilines is 3. The quantitative estimate of drug-likeness (QED) is 0.187. The first kappa shape index (κ1) is 29.3. The highest BCUT2D eigenvalue weighted by atomic mass is 15.1. The number of nitrogens with zero attached hydrogens (tertiary/aromatic N) is 1. The molecule has 2 fully saturated rings. The van der Waals surface area contributed by atoms with Crippen LogP contribution in [0.2, 0.25) is 0 Å². The van der Waals surface area contributed by atoms with Crippen LogP contribution in [0.25, 0.3) is 11.1 Å². The highest BCUT2D eigenvalue weighted by Crippen LogP contribution is 2.51. The van der Waals surface area contributed by atoms with Crippen LogP contribution in [0.1, 0.15) is 112 Å². The molecular weight excluding hydrogens is 555 g/mol. The smallest absolute Gasteiger partial charge is 0.0468 e. The van der Waals surface area contributed by atoms with Gasteiger partial charge in [-0.1, -0.05) is 137 Å². The van der Waals surface area contributed by atoms with Gasteiger partial charge in [0.25, 0.3) is 0 Å². The Morgan fingerprint density at radius 3 is 1.78 bits per heavy atom. The lowest BCUT2D eigenvalue weighted by Gasteiger charge is -2.39. The molecule has 2 saturated carbocycles. The molecule has 0 atom stereocenters. The lowest BCUT2D eigenvalue weighted by Crippen LogP contribution is -2.30. The molecule has 1 heteroatoms. The maximum atomic E-state index is 2.48. The van der Waals surface area contributed by atoms with Crippen molar-refractivity contribution >= 4 is 17.1 Å². The Hall–Kier alpha value is -4.10. The Kier molecular flexibility index (Phi) is 7.60. The molecule has 0 bridgehead atoms. The summed E-state index contributed by atoms with van der Waals surface area (Å²) in [6.45, 7) is 4.73. The first-order chi connectivity index (χ1) is 22.5. The molecule has 0 aromatic heterocycles. The van der Waals surface area contributed by atoms with E-state index in [1.54, 1.807) is 0 Å². The molecule has 3 aliphatic carbocycles. The molecule has 0 amide bonds. The van der Waals surface area contributed by atoms with Crippen molar-refractivity contribution in [2.24, 2.45) is 0 Å². The highest BCUT2D eigenvalue weighted by molar-refractivity contribution is 5.86. The number of rotatable bonds is 6. The third-order valence-corrected chi connectivity index (χ3v) is 11.8. The van der Waals surface area contributed by atoms with Gasteiger partial charge in [0, 0.05) is 27.9 Å². The van der Waals surface area contributed by atoms with Gasteiger partial charge < -0.3 is 4.90 Å². The molecule has 5 aromatic carbocycles. The van der Waals surface area contributed by atoms with E-state index in [4.69, 9.17) is 0 Å². The van der Waals surface area contributed by atoms with Crippen molar-refractivity contribution in [1.82, 2.24) is 0 Å². The molecule has 1 nitrogen and oxygen atoms in total. The fourth-order valence-corrected chi connectivity index (χ4v) is 9.21. The maximum Gasteiger partial charge on any atom is 0.0468 e. The van der Waals surface area contributed by atoms with Gasteiger partial charge in [0.05, 0.1) is 0 Å². The van der Waals surface area contributed by atoms with Gasteiger partial charge in [-0.25, -0.2) is 0 Å². The molecule has 0 unspecified atom stereocenters. The lowest BCUT2D eigenvalue weighted by atomic mass is 9.65. The fraction of sp³-hybridized carbons (Fsp3) is 0.333. The van der Waals surface area contributed by atoms with E-state index in [0.29, 0.717) is 5.92 Å². The van der Waals surface area contributed by atoms with Crippen LogP contribution in [0.15, 0.2) is 121 Å². The van der Waals surface area contributed by atoms with E-state index in [1.807, 2.05) is 0 Å². The molecule has 5 aromatic rings. The summed E-state index contributed by atoms with van der Waals surface area (Å²) in [5.74, 6) is 0.707. The van der Waals surface area contributed by atoms with Gasteiger partial charge in [-0.15, -0.1) is 0 Å². The summed E-state index contributed by atoms with van der Waals surface area (Å²) >= 11 is 0. The van der Waals surface area contributed by atoms with E-state index in [2.05, 4.69) is 140 Å². The van der Waals surface area contributed by atoms with E-state index in [0.717, 1.165) is 0 Å². The van der Waals surface area contributed by atoms with E-state index < -0.39 is 0 Å². The molecule has 0 heterocycles. The van der Waals surface area contributed by atoms with Gasteiger partial charge in [-0.3, -0.25) is 0 Å². The lowest BCUT2D eigenvalue weighted by molar-refractivity contribution is 0.346. The zero-order valence-corrected chi connectivity index (χ0v) is 27.6. The number of benzene rings is 5. The van der Waals surface area contributed by atoms with Crippen molar-refractivity contribution in [2.45, 2.75) is 94.8 Å². The molecule has 8 rings (SSSR count). The summed E-state index contributed by atoms with van der Waals surface area (Å²) in [4.78, 5) is 2.48. The second kappa shape index (κ2) is 11.9. The SMILES string of the molecule is CC1(C)c2ccccc2-c2cc(N(c3ccc(C4CCCCC4)cc3)c3ccc(C4(c5ccccc5)CCCCC4)cc3)ccc21. The average Bonchev–Trinajstić information content (AvgIpc) is 3.36. The summed E-state index contributed by atoms with van der Waals surface area (Å²) in [5, 5.41) is 0. The van der Waals surface area contributed by atoms with Gasteiger partial charge in [0.1, 0.15) is 0 Å². The van der Waals surface area contributed by atoms with Crippen molar-refractivity contribution in [3.05, 3.63) is 149 Å². The molecule has 0 radical (unpaired) electrons. The molecule has 232 valence electrons. The first-order valence-electron chi connectivity index (χ1n) is 17.9. The number of fused-ring (bicyclic) bond motifs is 3. The number of hydrogen-bond donors (Lipinski definition) is 0. The van der Waals surface area contributed by atoms with Gasteiger partial charge in [0.2, 0.25) is 0 Å². The third kappa shape index (κ3) is 5.00. The van der Waals surface area contributed by atoms with Gasteiger partial charge in [-0.2, -0.15) is 0 Å². The predicted molar refractivity (Wildman–Crippen MR) is 195 cm³/mol. The predicted octanol–water partition coefficient (Wildman–Crippen LogP) is 12.8. The summed E-state index contributed by atoms with van der Waals surface area (Å²) in [5.41, 5.74) is 13.8. The Bertz CT molecular complexity index is 1800. The number of hydrogen-bond acceptors (Lipinski definition) is 1. The van der Waals surface area contributed by atoms with Gasteiger partial charge >= 0.3 is 0 Å². The van der Waals surface area contributed by atoms with Crippen LogP contribution in [0.3, 0.4) is 0 Å². The van der Waals surface area contributed by atoms with Crippen LogP contribution in [0.4, 0.5) is 17.1 Å². The van der Waals surface area contributed by atoms with Gasteiger partial charge in [-0.05, 0) is 107 Å². The topological polar surface area (TPSA) is 3.24 Å². The van der Waals surface area contributed by atoms with Gasteiger partial charge in [0.15, 0.2) is 0 Å². The zero-order valence-electron chi connectivity index (χ0n) is 27.6. The summed E-state index contributed by atoms with van der Waals surface area (Å²) < 4.78 is 0. The van der Waals surface area contributed by atoms with Crippen molar-refractivity contribution in [1.29, 1.82) is 0 Å². The largest absolute Gasteiger partial charge is 0.310 e. The third-order valence-electron chi connectivity index (χ3n) is 11.8. The second-order valence-electron chi connectivity index (χ2n) is 14.7. The molecule has 0 aliphatic heterocycles. The minimum absolute atomic E-state index is 0.00430. The minimum Gasteiger partial charge on any atom is -0.310 e. The Balaban J connectivity index is 1.22. The molecule has 46 heavy (non-hydrogen) atoms. The van der Waals surface area contributed by atoms with E-state index in [1.165, 1.54) is 120 Å². The molecular formula is C45H47N. The summed E-state index contributed by atoms with van der Waals surface area (Å²) in [6, 6.07) is 46.6.